The second kappa shape index (κ2) is 20.7. The number of aliphatic carboxylic acids is 1. The summed E-state index contributed by atoms with van der Waals surface area (Å²) in [6.07, 6.45) is 44.4. The molecule has 6 fully saturated rings. The van der Waals surface area contributed by atoms with Gasteiger partial charge in [0.1, 0.15) is 0 Å². The normalized spacial score (nSPS) is 44.1. The topological polar surface area (TPSA) is 122 Å². The molecule has 22 rings (SSSR count). The highest BCUT2D eigenvalue weighted by Gasteiger charge is 2.87. The van der Waals surface area contributed by atoms with Gasteiger partial charge in [-0.15, -0.1) is 11.8 Å². The number of dihydropyridines is 1. The highest BCUT2D eigenvalue weighted by Crippen LogP contribution is 2.92. The molecule has 1 unspecified atom stereocenters. The summed E-state index contributed by atoms with van der Waals surface area (Å²) < 4.78 is 0. The molecular weight excluding hydrogens is 1120 g/mol. The number of fused-ring (bicyclic) bond motifs is 2. The van der Waals surface area contributed by atoms with Crippen molar-refractivity contribution in [3.8, 4) is 11.8 Å². The van der Waals surface area contributed by atoms with Crippen LogP contribution in [0, 0.1) is 103 Å². The fraction of sp³-hybridized carbons (Fsp3) is 0.560. The van der Waals surface area contributed by atoms with E-state index in [2.05, 4.69) is 157 Å². The van der Waals surface area contributed by atoms with Crippen molar-refractivity contribution in [2.75, 3.05) is 13.1 Å². The quantitative estimate of drug-likeness (QED) is 0.0874. The van der Waals surface area contributed by atoms with Gasteiger partial charge in [-0.3, -0.25) is 4.79 Å². The van der Waals surface area contributed by atoms with Crippen molar-refractivity contribution in [3.63, 3.8) is 0 Å². The first-order valence-corrected chi connectivity index (χ1v) is 36.4. The number of carboxylic acid groups (broad SMARTS) is 1. The molecule has 91 heavy (non-hydrogen) atoms. The van der Waals surface area contributed by atoms with Gasteiger partial charge in [0.15, 0.2) is 0 Å². The minimum Gasteiger partial charge on any atom is -0.516 e. The predicted molar refractivity (Wildman–Crippen MR) is 360 cm³/mol. The van der Waals surface area contributed by atoms with E-state index in [1.165, 1.54) is 95.1 Å². The van der Waals surface area contributed by atoms with Gasteiger partial charge in [0.05, 0.1) is 30.2 Å². The summed E-state index contributed by atoms with van der Waals surface area (Å²) in [5.41, 5.74) is 8.92. The van der Waals surface area contributed by atoms with Crippen LogP contribution in [0.15, 0.2) is 156 Å². The second-order valence-corrected chi connectivity index (χ2v) is 33.0. The van der Waals surface area contributed by atoms with Gasteiger partial charge in [0.2, 0.25) is 0 Å². The third-order valence-corrected chi connectivity index (χ3v) is 30.3. The minimum absolute atomic E-state index is 0.00285. The highest BCUT2D eigenvalue weighted by molar-refractivity contribution is 5.81. The van der Waals surface area contributed by atoms with E-state index in [1.807, 2.05) is 0 Å². The van der Waals surface area contributed by atoms with E-state index in [4.69, 9.17) is 0 Å². The van der Waals surface area contributed by atoms with Crippen LogP contribution >= 0.6 is 0 Å². The van der Waals surface area contributed by atoms with Crippen molar-refractivity contribution in [3.05, 3.63) is 183 Å². The zero-order valence-electron chi connectivity index (χ0n) is 53.8. The molecule has 13 aliphatic carbocycles. The number of hydrogen-bond donors (Lipinski definition) is 6. The Morgan fingerprint density at radius 2 is 1.67 bits per heavy atom. The number of aliphatic hydroxyl groups excluding tert-OH is 3. The van der Waals surface area contributed by atoms with E-state index < -0.39 is 51.2 Å². The Morgan fingerprint density at radius 1 is 0.802 bits per heavy atom. The van der Waals surface area contributed by atoms with E-state index in [1.54, 1.807) is 11.1 Å². The summed E-state index contributed by atoms with van der Waals surface area (Å²) in [5.74, 6) is 9.01. The fourth-order valence-electron chi connectivity index (χ4n) is 27.3. The molecule has 6 heterocycles. The van der Waals surface area contributed by atoms with Crippen molar-refractivity contribution in [1.82, 2.24) is 10.6 Å². The van der Waals surface area contributed by atoms with Crippen LogP contribution in [0.2, 0.25) is 0 Å². The van der Waals surface area contributed by atoms with Gasteiger partial charge in [-0.05, 0) is 236 Å². The molecule has 6 aliphatic heterocycles. The van der Waals surface area contributed by atoms with Crippen LogP contribution in [0.5, 0.6) is 0 Å². The Bertz CT molecular complexity index is 3980. The van der Waals surface area contributed by atoms with Crippen LogP contribution in [0.3, 0.4) is 0 Å². The van der Waals surface area contributed by atoms with Crippen molar-refractivity contribution in [2.45, 2.75) is 186 Å². The van der Waals surface area contributed by atoms with Crippen LogP contribution in [0.4, 0.5) is 0 Å². The number of carbonyl (C=O) groups is 1. The van der Waals surface area contributed by atoms with E-state index in [9.17, 15) is 20.4 Å². The maximum Gasteiger partial charge on any atom is 0.307 e. The third-order valence-electron chi connectivity index (χ3n) is 30.3. The summed E-state index contributed by atoms with van der Waals surface area (Å²) in [6.45, 7) is 4.12. The lowest BCUT2D eigenvalue weighted by molar-refractivity contribution is -0.208. The van der Waals surface area contributed by atoms with Crippen molar-refractivity contribution >= 4 is 23.2 Å². The molecule has 0 radical (unpaired) electrons. The van der Waals surface area contributed by atoms with Crippen LogP contribution in [0.25, 0.3) is 17.2 Å². The van der Waals surface area contributed by atoms with Gasteiger partial charge in [-0.25, -0.2) is 0 Å². The summed E-state index contributed by atoms with van der Waals surface area (Å²) >= 11 is 0. The van der Waals surface area contributed by atoms with Gasteiger partial charge < -0.3 is 31.1 Å². The average molecular weight is 1210 g/mol. The van der Waals surface area contributed by atoms with Gasteiger partial charge in [-0.2, -0.15) is 0 Å². The zero-order valence-corrected chi connectivity index (χ0v) is 53.8. The third kappa shape index (κ3) is 7.56. The Labute approximate surface area is 540 Å². The monoisotopic (exact) mass is 1210 g/mol. The smallest absolute Gasteiger partial charge is 0.307 e. The molecule has 0 amide bonds. The molecule has 472 valence electrons. The largest absolute Gasteiger partial charge is 0.516 e. The van der Waals surface area contributed by atoms with Crippen LogP contribution in [-0.2, 0) is 11.2 Å². The van der Waals surface area contributed by atoms with Crippen LogP contribution < -0.4 is 21.1 Å². The predicted octanol–water partition coefficient (Wildman–Crippen LogP) is 15.0. The molecule has 0 aromatic heterocycles. The van der Waals surface area contributed by atoms with E-state index >= 15 is 4.79 Å². The van der Waals surface area contributed by atoms with Crippen molar-refractivity contribution < 1.29 is 25.2 Å². The number of hydrogen-bond acceptors (Lipinski definition) is 6. The van der Waals surface area contributed by atoms with Gasteiger partial charge in [0, 0.05) is 64.8 Å². The Balaban J connectivity index is 0.892. The number of aliphatic hydroxyl groups is 3. The summed E-state index contributed by atoms with van der Waals surface area (Å²) in [6, 6.07) is 30.0. The SMILES string of the molecule is C[C@@]12[C@H]3CC[C@@]45CC[C@]6(CC[C@@H](Cc7ccccc7)C6)[C@H]4C=C[C@]14[C@H](O)C[C@]52C1=C(C3)[C@]23CC[C@H](O)[C@@]56CC#CC[C@@H](C7=c8ccccc8=C[C@@H]2C7=C[C@](C=CC5)(C1)C63)c1cccc(c1)C1=CC=C(NCCC[C@@H](C2CCCCC2)/C(=C/O)CC[C@H]4C(=O)O)NC1. The van der Waals surface area contributed by atoms with E-state index in [0.29, 0.717) is 50.5 Å². The van der Waals surface area contributed by atoms with Crippen LogP contribution in [-0.4, -0.2) is 51.7 Å². The number of nitrogens with one attached hydrogen (secondary N) is 2. The number of benzene rings is 3. The Hall–Kier alpha value is -6.07. The first-order chi connectivity index (χ1) is 44.4. The standard InChI is InChI=1S/C84H96N2O5/c1-77-61-30-37-81-41-40-78(36-29-54(47-78)43-53-15-4-2-5-16-53)70(81)31-39-83(77)66(75(90)91)27-25-60(52-87)62(55-17-6-3-7-18-55)24-13-42-85-73-28-26-59(51-86-73)56-20-12-21-57(44-56)63-23-10-11-34-80-35-14-33-79-48-65-67(45-58-19-8-9-22-64(58)74(63)65)82(76(79)80,38-32-71(80)88)68(46-61)69(49-79)84(77,81)50-72(83)89/h2,4-5,8-9,12,14-16,19-22,26,28,31,33,39,44-45,48,52,54-55,61-63,66-67,70-72,76,85-89H,3,6-7,13,17-18,23-25,27,29-30,32,34-38,40-43,46-47,49-51H2,1H3,(H,90,91)/b60-52+/t54-,61-,62-,63+,66-,67+,70+,71-,72+,76?,77+,78-,79+,80+,81+,82-,83-,84+/m0/s1. The lowest BCUT2D eigenvalue weighted by Crippen LogP contribution is -2.71. The van der Waals surface area contributed by atoms with Crippen LogP contribution in [0.1, 0.15) is 184 Å². The molecule has 0 saturated heterocycles. The van der Waals surface area contributed by atoms with E-state index in [-0.39, 0.29) is 51.8 Å². The molecule has 19 bridgehead atoms. The number of allylic oxidation sites excluding steroid dienone is 10. The lowest BCUT2D eigenvalue weighted by Gasteiger charge is -2.77. The number of carboxylic acids is 1. The molecule has 7 nitrogen and oxygen atoms in total. The number of rotatable bonds is 4. The highest BCUT2D eigenvalue weighted by atomic mass is 16.4. The second-order valence-electron chi connectivity index (χ2n) is 33.0. The maximum absolute atomic E-state index is 15.3. The lowest BCUT2D eigenvalue weighted by atomic mass is 9.26. The summed E-state index contributed by atoms with van der Waals surface area (Å²) in [7, 11) is 0. The average Bonchev–Trinajstić information content (AvgIpc) is 1.57. The van der Waals surface area contributed by atoms with E-state index in [0.717, 1.165) is 101 Å². The molecule has 19 aliphatic rings. The molecule has 3 aromatic carbocycles. The summed E-state index contributed by atoms with van der Waals surface area (Å²) in [5, 5.41) is 62.1. The fourth-order valence-corrected chi connectivity index (χ4v) is 27.3. The molecular formula is C84H96N2O5. The molecule has 7 heteroatoms. The Morgan fingerprint density at radius 3 is 2.52 bits per heavy atom. The first-order valence-electron chi connectivity index (χ1n) is 36.4. The van der Waals surface area contributed by atoms with Crippen molar-refractivity contribution in [1.29, 1.82) is 0 Å². The van der Waals surface area contributed by atoms with Crippen molar-refractivity contribution in [2.24, 2.45) is 90.7 Å². The van der Waals surface area contributed by atoms with Gasteiger partial charge >= 0.3 is 5.97 Å². The summed E-state index contributed by atoms with van der Waals surface area (Å²) in [4.78, 5) is 15.3. The van der Waals surface area contributed by atoms with Gasteiger partial charge in [0.25, 0.3) is 0 Å². The molecule has 4 spiro atoms. The maximum atomic E-state index is 15.3. The molecule has 6 N–H and O–H groups in total. The minimum atomic E-state index is -1.06. The zero-order chi connectivity index (χ0) is 61.3. The Kier molecular flexibility index (Phi) is 13.1. The first kappa shape index (κ1) is 57.6. The van der Waals surface area contributed by atoms with Gasteiger partial charge in [-0.1, -0.05) is 159 Å². The molecule has 18 atom stereocenters. The molecule has 6 saturated carbocycles. The molecule has 3 aromatic rings.